The molecule has 4 nitrogen and oxygen atoms in total. The first-order valence-electron chi connectivity index (χ1n) is 4.87. The van der Waals surface area contributed by atoms with Gasteiger partial charge in [-0.05, 0) is 24.1 Å². The summed E-state index contributed by atoms with van der Waals surface area (Å²) < 4.78 is 10.4. The normalized spacial score (nSPS) is 15.0. The topological polar surface area (TPSA) is 61.6 Å². The maximum absolute atomic E-state index is 10.6. The van der Waals surface area contributed by atoms with E-state index in [1.54, 1.807) is 0 Å². The molecule has 0 saturated heterocycles. The van der Waals surface area contributed by atoms with Crippen LogP contribution >= 0.6 is 0 Å². The van der Waals surface area contributed by atoms with E-state index in [-0.39, 0.29) is 12.7 Å². The van der Waals surface area contributed by atoms with Gasteiger partial charge in [-0.25, -0.2) is 0 Å². The van der Waals surface area contributed by atoms with Gasteiger partial charge in [-0.1, -0.05) is 6.07 Å². The maximum atomic E-state index is 10.6. The Labute approximate surface area is 88.0 Å². The van der Waals surface area contributed by atoms with Gasteiger partial charge in [-0.3, -0.25) is 0 Å². The zero-order valence-electron chi connectivity index (χ0n) is 8.31. The van der Waals surface area contributed by atoms with Crippen LogP contribution in [-0.4, -0.2) is 19.6 Å². The summed E-state index contributed by atoms with van der Waals surface area (Å²) in [5.74, 6) is 1.38. The van der Waals surface area contributed by atoms with Crippen LogP contribution in [0.2, 0.25) is 0 Å². The van der Waals surface area contributed by atoms with E-state index in [1.807, 2.05) is 18.2 Å². The highest BCUT2D eigenvalue weighted by Gasteiger charge is 2.14. The fourth-order valence-corrected chi connectivity index (χ4v) is 1.56. The van der Waals surface area contributed by atoms with Gasteiger partial charge in [-0.15, -0.1) is 0 Å². The van der Waals surface area contributed by atoms with Crippen molar-refractivity contribution in [1.82, 2.24) is 0 Å². The second-order valence-electron chi connectivity index (χ2n) is 3.52. The zero-order chi connectivity index (χ0) is 10.7. The third-order valence-corrected chi connectivity index (χ3v) is 2.43. The Morgan fingerprint density at radius 3 is 2.93 bits per heavy atom. The summed E-state index contributed by atoms with van der Waals surface area (Å²) in [5, 5.41) is 0. The third-order valence-electron chi connectivity index (χ3n) is 2.43. The highest BCUT2D eigenvalue weighted by molar-refractivity contribution is 5.55. The fourth-order valence-electron chi connectivity index (χ4n) is 1.56. The summed E-state index contributed by atoms with van der Waals surface area (Å²) in [6.07, 6.45) is 1.54. The first-order chi connectivity index (χ1) is 7.33. The lowest BCUT2D eigenvalue weighted by Gasteiger charge is -2.07. The lowest BCUT2D eigenvalue weighted by atomic mass is 10.0. The highest BCUT2D eigenvalue weighted by Crippen LogP contribution is 2.32. The predicted molar refractivity (Wildman–Crippen MR) is 54.9 cm³/mol. The molecule has 0 aliphatic carbocycles. The number of carbonyl (C=O) groups excluding carboxylic acids is 1. The number of rotatable bonds is 4. The second-order valence-corrected chi connectivity index (χ2v) is 3.52. The average Bonchev–Trinajstić information content (AvgIpc) is 2.73. The Hall–Kier alpha value is -1.55. The molecule has 2 rings (SSSR count). The van der Waals surface area contributed by atoms with Crippen molar-refractivity contribution < 1.29 is 14.3 Å². The van der Waals surface area contributed by atoms with Gasteiger partial charge in [0, 0.05) is 12.5 Å². The molecule has 0 amide bonds. The molecule has 80 valence electrons. The Morgan fingerprint density at radius 2 is 2.20 bits per heavy atom. The number of hydrogen-bond acceptors (Lipinski definition) is 4. The van der Waals surface area contributed by atoms with E-state index >= 15 is 0 Å². The summed E-state index contributed by atoms with van der Waals surface area (Å²) in [4.78, 5) is 10.6. The molecule has 1 heterocycles. The monoisotopic (exact) mass is 207 g/mol. The number of nitrogens with two attached hydrogens (primary N) is 1. The van der Waals surface area contributed by atoms with Crippen LogP contribution < -0.4 is 15.2 Å². The summed E-state index contributed by atoms with van der Waals surface area (Å²) >= 11 is 0. The van der Waals surface area contributed by atoms with E-state index in [1.165, 1.54) is 0 Å². The number of fused-ring (bicyclic) bond motifs is 1. The maximum Gasteiger partial charge on any atom is 0.231 e. The van der Waals surface area contributed by atoms with Crippen molar-refractivity contribution in [2.75, 3.05) is 13.3 Å². The molecule has 1 aromatic rings. The summed E-state index contributed by atoms with van der Waals surface area (Å²) in [7, 11) is 0. The number of carbonyl (C=O) groups is 1. The zero-order valence-corrected chi connectivity index (χ0v) is 8.31. The van der Waals surface area contributed by atoms with Gasteiger partial charge < -0.3 is 20.0 Å². The van der Waals surface area contributed by atoms with Gasteiger partial charge in [0.25, 0.3) is 0 Å². The molecular formula is C11H13NO3. The molecule has 0 fully saturated rings. The molecule has 0 radical (unpaired) electrons. The number of ether oxygens (including phenoxy) is 2. The Bertz CT molecular complexity index is 365. The molecule has 1 unspecified atom stereocenters. The van der Waals surface area contributed by atoms with Gasteiger partial charge in [0.1, 0.15) is 6.29 Å². The second kappa shape index (κ2) is 4.31. The molecule has 2 N–H and O–H groups in total. The van der Waals surface area contributed by atoms with Crippen LogP contribution in [0.3, 0.4) is 0 Å². The molecule has 0 spiro atoms. The minimum absolute atomic E-state index is 0.120. The van der Waals surface area contributed by atoms with Gasteiger partial charge in [0.05, 0.1) is 0 Å². The molecule has 4 heteroatoms. The minimum Gasteiger partial charge on any atom is -0.454 e. The van der Waals surface area contributed by atoms with Crippen molar-refractivity contribution >= 4 is 6.29 Å². The van der Waals surface area contributed by atoms with E-state index in [0.717, 1.165) is 23.3 Å². The lowest BCUT2D eigenvalue weighted by Crippen LogP contribution is -2.17. The highest BCUT2D eigenvalue weighted by atomic mass is 16.7. The largest absolute Gasteiger partial charge is 0.454 e. The third kappa shape index (κ3) is 2.10. The molecule has 1 atom stereocenters. The van der Waals surface area contributed by atoms with E-state index in [9.17, 15) is 4.79 Å². The van der Waals surface area contributed by atoms with Crippen LogP contribution in [0.15, 0.2) is 18.2 Å². The fraction of sp³-hybridized carbons (Fsp3) is 0.364. The molecule has 0 bridgehead atoms. The van der Waals surface area contributed by atoms with Gasteiger partial charge in [-0.2, -0.15) is 0 Å². The smallest absolute Gasteiger partial charge is 0.231 e. The van der Waals surface area contributed by atoms with Crippen molar-refractivity contribution in [3.63, 3.8) is 0 Å². The van der Waals surface area contributed by atoms with Crippen molar-refractivity contribution in [2.45, 2.75) is 6.42 Å². The van der Waals surface area contributed by atoms with Crippen LogP contribution in [0.5, 0.6) is 11.5 Å². The molecule has 15 heavy (non-hydrogen) atoms. The average molecular weight is 207 g/mol. The van der Waals surface area contributed by atoms with Crippen LogP contribution in [0.25, 0.3) is 0 Å². The number of aldehydes is 1. The van der Waals surface area contributed by atoms with E-state index in [0.29, 0.717) is 13.0 Å². The SMILES string of the molecule is NCC(C=O)Cc1ccc2c(c1)OCO2. The standard InChI is InChI=1S/C11H13NO3/c12-5-9(6-13)3-8-1-2-10-11(4-8)15-7-14-10/h1-2,4,6,9H,3,5,7,12H2. The van der Waals surface area contributed by atoms with Crippen molar-refractivity contribution in [3.05, 3.63) is 23.8 Å². The molecule has 0 saturated carbocycles. The van der Waals surface area contributed by atoms with Crippen LogP contribution in [0.4, 0.5) is 0 Å². The lowest BCUT2D eigenvalue weighted by molar-refractivity contribution is -0.110. The summed E-state index contributed by atoms with van der Waals surface area (Å²) in [6, 6.07) is 5.68. The molecule has 1 aliphatic heterocycles. The van der Waals surface area contributed by atoms with Crippen molar-refractivity contribution in [3.8, 4) is 11.5 Å². The summed E-state index contributed by atoms with van der Waals surface area (Å²) in [5.41, 5.74) is 6.50. The Balaban J connectivity index is 2.12. The van der Waals surface area contributed by atoms with Crippen molar-refractivity contribution in [2.24, 2.45) is 11.7 Å². The number of hydrogen-bond donors (Lipinski definition) is 1. The van der Waals surface area contributed by atoms with E-state index < -0.39 is 0 Å². The Morgan fingerprint density at radius 1 is 1.40 bits per heavy atom. The molecule has 1 aliphatic rings. The van der Waals surface area contributed by atoms with Gasteiger partial charge >= 0.3 is 0 Å². The van der Waals surface area contributed by atoms with E-state index in [4.69, 9.17) is 15.2 Å². The predicted octanol–water partition coefficient (Wildman–Crippen LogP) is 0.732. The van der Waals surface area contributed by atoms with Gasteiger partial charge in [0.2, 0.25) is 6.79 Å². The molecule has 0 aromatic heterocycles. The van der Waals surface area contributed by atoms with Crippen LogP contribution in [-0.2, 0) is 11.2 Å². The van der Waals surface area contributed by atoms with Crippen LogP contribution in [0.1, 0.15) is 5.56 Å². The first-order valence-corrected chi connectivity index (χ1v) is 4.87. The van der Waals surface area contributed by atoms with Gasteiger partial charge in [0.15, 0.2) is 11.5 Å². The van der Waals surface area contributed by atoms with Crippen LogP contribution in [0, 0.1) is 5.92 Å². The Kier molecular flexibility index (Phi) is 2.87. The molecule has 1 aromatic carbocycles. The minimum atomic E-state index is -0.120. The molecular weight excluding hydrogens is 194 g/mol. The van der Waals surface area contributed by atoms with Crippen molar-refractivity contribution in [1.29, 1.82) is 0 Å². The number of benzene rings is 1. The summed E-state index contributed by atoms with van der Waals surface area (Å²) in [6.45, 7) is 0.644. The quantitative estimate of drug-likeness (QED) is 0.739. The van der Waals surface area contributed by atoms with E-state index in [2.05, 4.69) is 0 Å². The first kappa shape index (κ1) is 9.98.